The number of aliphatic hydroxyl groups is 7. The van der Waals surface area contributed by atoms with Crippen molar-refractivity contribution in [3.63, 3.8) is 0 Å². The topological polar surface area (TPSA) is 198 Å². The maximum atomic E-state index is 12.5. The van der Waals surface area contributed by atoms with E-state index in [1.807, 2.05) is 24.3 Å². The van der Waals surface area contributed by atoms with E-state index in [0.29, 0.717) is 12.8 Å². The highest BCUT2D eigenvalue weighted by molar-refractivity contribution is 5.76. The first-order chi connectivity index (χ1) is 19.6. The first-order valence-electron chi connectivity index (χ1n) is 14.5. The summed E-state index contributed by atoms with van der Waals surface area (Å²) in [6.07, 6.45) is -3.00. The second-order valence-electron chi connectivity index (χ2n) is 10.7. The molecule has 3 unspecified atom stereocenters. The molecule has 1 heterocycles. The van der Waals surface area contributed by atoms with E-state index in [9.17, 15) is 40.5 Å². The van der Waals surface area contributed by atoms with E-state index in [2.05, 4.69) is 5.32 Å². The van der Waals surface area contributed by atoms with Gasteiger partial charge in [-0.25, -0.2) is 0 Å². The molecule has 0 aromatic heterocycles. The van der Waals surface area contributed by atoms with E-state index in [1.54, 1.807) is 7.11 Å². The summed E-state index contributed by atoms with van der Waals surface area (Å²) < 4.78 is 15.9. The highest BCUT2D eigenvalue weighted by Gasteiger charge is 2.44. The summed E-state index contributed by atoms with van der Waals surface area (Å²) in [5.74, 6) is 0.427. The Morgan fingerprint density at radius 3 is 2.12 bits per heavy atom. The van der Waals surface area contributed by atoms with Gasteiger partial charge in [-0.3, -0.25) is 4.79 Å². The smallest absolute Gasteiger partial charge is 0.220 e. The largest absolute Gasteiger partial charge is 0.497 e. The number of hydrogen-bond acceptors (Lipinski definition) is 11. The van der Waals surface area contributed by atoms with Crippen molar-refractivity contribution in [2.45, 2.75) is 120 Å². The second-order valence-corrected chi connectivity index (χ2v) is 10.7. The van der Waals surface area contributed by atoms with E-state index < -0.39 is 61.7 Å². The highest BCUT2D eigenvalue weighted by atomic mass is 16.7. The van der Waals surface area contributed by atoms with Crippen LogP contribution in [0.2, 0.25) is 0 Å². The first kappa shape index (κ1) is 35.3. The van der Waals surface area contributed by atoms with Crippen LogP contribution in [0.15, 0.2) is 24.3 Å². The van der Waals surface area contributed by atoms with Gasteiger partial charge in [0.2, 0.25) is 5.91 Å². The van der Waals surface area contributed by atoms with Gasteiger partial charge in [0.15, 0.2) is 6.29 Å². The molecule has 12 nitrogen and oxygen atoms in total. The number of aliphatic hydroxyl groups excluding tert-OH is 7. The molecule has 236 valence electrons. The Kier molecular flexibility index (Phi) is 16.0. The standard InChI is InChI=1S/C29H49NO11/c1-18(32)25(35)21(17-40-29-28(38)27(37)26(36)23(16-31)41-29)30-24(34)11-9-7-5-3-4-6-8-10-22(33)19-12-14-20(39-2)15-13-19/h12-15,18,21-23,25-29,31-33,35-38H,3-11,16-17H2,1-2H3,(H,30,34)/t18-,21+,22+,23?,25-,26+,27?,28?,29+/m1/s1. The average Bonchev–Trinajstić information content (AvgIpc) is 2.97. The van der Waals surface area contributed by atoms with Crippen molar-refractivity contribution in [3.8, 4) is 5.75 Å². The predicted octanol–water partition coefficient (Wildman–Crippen LogP) is 0.283. The fourth-order valence-electron chi connectivity index (χ4n) is 4.74. The van der Waals surface area contributed by atoms with Crippen LogP contribution in [0.25, 0.3) is 0 Å². The molecule has 0 radical (unpaired) electrons. The average molecular weight is 588 g/mol. The lowest BCUT2D eigenvalue weighted by Crippen LogP contribution is -2.60. The van der Waals surface area contributed by atoms with Crippen molar-refractivity contribution in [3.05, 3.63) is 29.8 Å². The van der Waals surface area contributed by atoms with Crippen molar-refractivity contribution in [2.75, 3.05) is 20.3 Å². The molecule has 0 bridgehead atoms. The van der Waals surface area contributed by atoms with Gasteiger partial charge in [0.05, 0.1) is 38.6 Å². The van der Waals surface area contributed by atoms with Gasteiger partial charge in [0.25, 0.3) is 0 Å². The first-order valence-corrected chi connectivity index (χ1v) is 14.5. The lowest BCUT2D eigenvalue weighted by molar-refractivity contribution is -0.303. The minimum Gasteiger partial charge on any atom is -0.497 e. The van der Waals surface area contributed by atoms with Crippen LogP contribution < -0.4 is 10.1 Å². The number of amides is 1. The maximum absolute atomic E-state index is 12.5. The zero-order valence-electron chi connectivity index (χ0n) is 24.0. The monoisotopic (exact) mass is 587 g/mol. The summed E-state index contributed by atoms with van der Waals surface area (Å²) in [6, 6.07) is 6.40. The number of methoxy groups -OCH3 is 1. The highest BCUT2D eigenvalue weighted by Crippen LogP contribution is 2.24. The van der Waals surface area contributed by atoms with Crippen molar-refractivity contribution in [2.24, 2.45) is 0 Å². The Morgan fingerprint density at radius 1 is 0.927 bits per heavy atom. The molecule has 1 aromatic rings. The van der Waals surface area contributed by atoms with Crippen molar-refractivity contribution in [1.82, 2.24) is 5.32 Å². The predicted molar refractivity (Wildman–Crippen MR) is 149 cm³/mol. The molecular weight excluding hydrogens is 538 g/mol. The van der Waals surface area contributed by atoms with Gasteiger partial charge in [0, 0.05) is 6.42 Å². The Morgan fingerprint density at radius 2 is 1.54 bits per heavy atom. The van der Waals surface area contributed by atoms with Gasteiger partial charge in [-0.05, 0) is 37.5 Å². The van der Waals surface area contributed by atoms with Crippen LogP contribution in [-0.4, -0.2) is 111 Å². The van der Waals surface area contributed by atoms with Gasteiger partial charge in [0.1, 0.15) is 36.3 Å². The zero-order chi connectivity index (χ0) is 30.4. The van der Waals surface area contributed by atoms with Crippen LogP contribution in [0.1, 0.15) is 76.4 Å². The molecular formula is C29H49NO11. The van der Waals surface area contributed by atoms with Gasteiger partial charge in [-0.15, -0.1) is 0 Å². The normalized spacial score (nSPS) is 25.7. The number of carbonyl (C=O) groups excluding carboxylic acids is 1. The van der Waals surface area contributed by atoms with Crippen LogP contribution in [0.5, 0.6) is 5.75 Å². The number of rotatable bonds is 19. The summed E-state index contributed by atoms with van der Waals surface area (Å²) in [4.78, 5) is 12.5. The van der Waals surface area contributed by atoms with E-state index >= 15 is 0 Å². The summed E-state index contributed by atoms with van der Waals surface area (Å²) >= 11 is 0. The maximum Gasteiger partial charge on any atom is 0.220 e. The molecule has 1 amide bonds. The minimum atomic E-state index is -1.62. The van der Waals surface area contributed by atoms with E-state index in [1.165, 1.54) is 6.92 Å². The molecule has 41 heavy (non-hydrogen) atoms. The van der Waals surface area contributed by atoms with Crippen molar-refractivity contribution >= 4 is 5.91 Å². The summed E-state index contributed by atoms with van der Waals surface area (Å²) in [5, 5.41) is 72.4. The third-order valence-electron chi connectivity index (χ3n) is 7.42. The van der Waals surface area contributed by atoms with Crippen LogP contribution >= 0.6 is 0 Å². The third kappa shape index (κ3) is 11.7. The second kappa shape index (κ2) is 18.6. The van der Waals surface area contributed by atoms with Crippen LogP contribution in [-0.2, 0) is 14.3 Å². The van der Waals surface area contributed by atoms with Crippen LogP contribution in [0.3, 0.4) is 0 Å². The zero-order valence-corrected chi connectivity index (χ0v) is 24.0. The van der Waals surface area contributed by atoms with Crippen LogP contribution in [0.4, 0.5) is 0 Å². The number of benzene rings is 1. The van der Waals surface area contributed by atoms with Crippen LogP contribution in [0, 0.1) is 0 Å². The molecule has 0 aliphatic carbocycles. The number of unbranched alkanes of at least 4 members (excludes halogenated alkanes) is 6. The van der Waals surface area contributed by atoms with Gasteiger partial charge < -0.3 is 55.3 Å². The van der Waals surface area contributed by atoms with Crippen molar-refractivity contribution in [1.29, 1.82) is 0 Å². The van der Waals surface area contributed by atoms with E-state index in [0.717, 1.165) is 49.8 Å². The molecule has 1 aliphatic heterocycles. The molecule has 2 rings (SSSR count). The molecule has 12 heteroatoms. The SMILES string of the molecule is COc1ccc([C@@H](O)CCCCCCCCCC(=O)N[C@@H](CO[C@H]2OC(CO)[C@H](O)C(O)C2O)[C@H](O)[C@@H](C)O)cc1. The third-order valence-corrected chi connectivity index (χ3v) is 7.42. The van der Waals surface area contributed by atoms with Gasteiger partial charge >= 0.3 is 0 Å². The Labute approximate surface area is 241 Å². The quantitative estimate of drug-likeness (QED) is 0.103. The molecule has 1 fully saturated rings. The molecule has 1 saturated heterocycles. The van der Waals surface area contributed by atoms with E-state index in [4.69, 9.17) is 14.2 Å². The molecule has 0 saturated carbocycles. The number of nitrogens with one attached hydrogen (secondary N) is 1. The lowest BCUT2D eigenvalue weighted by atomic mass is 9.99. The molecule has 0 spiro atoms. The molecule has 1 aromatic carbocycles. The molecule has 9 atom stereocenters. The summed E-state index contributed by atoms with van der Waals surface area (Å²) in [7, 11) is 1.61. The number of hydrogen-bond donors (Lipinski definition) is 8. The minimum absolute atomic E-state index is 0.219. The Balaban J connectivity index is 1.63. The van der Waals surface area contributed by atoms with E-state index in [-0.39, 0.29) is 18.9 Å². The van der Waals surface area contributed by atoms with Crippen molar-refractivity contribution < 1.29 is 54.8 Å². The summed E-state index contributed by atoms with van der Waals surface area (Å²) in [5.41, 5.74) is 0.882. The number of ether oxygens (including phenoxy) is 3. The van der Waals surface area contributed by atoms with Gasteiger partial charge in [-0.1, -0.05) is 50.7 Å². The Hall–Kier alpha value is -1.87. The molecule has 8 N–H and O–H groups in total. The lowest BCUT2D eigenvalue weighted by Gasteiger charge is -2.40. The number of carbonyl (C=O) groups is 1. The fraction of sp³-hybridized carbons (Fsp3) is 0.759. The Bertz CT molecular complexity index is 854. The van der Waals surface area contributed by atoms with Gasteiger partial charge in [-0.2, -0.15) is 0 Å². The summed E-state index contributed by atoms with van der Waals surface area (Å²) in [6.45, 7) is 0.389. The fourth-order valence-corrected chi connectivity index (χ4v) is 4.74. The molecule has 1 aliphatic rings.